The maximum absolute atomic E-state index is 12.2. The van der Waals surface area contributed by atoms with Crippen LogP contribution in [-0.2, 0) is 0 Å². The predicted octanol–water partition coefficient (Wildman–Crippen LogP) is 4.12. The number of thiazole rings is 1. The van der Waals surface area contributed by atoms with Crippen molar-refractivity contribution in [2.24, 2.45) is 0 Å². The van der Waals surface area contributed by atoms with Crippen LogP contribution in [0.2, 0.25) is 5.02 Å². The number of anilines is 1. The van der Waals surface area contributed by atoms with E-state index in [4.69, 9.17) is 16.6 Å². The number of aryl methyl sites for hydroxylation is 2. The van der Waals surface area contributed by atoms with E-state index in [2.05, 4.69) is 41.1 Å². The van der Waals surface area contributed by atoms with E-state index in [0.29, 0.717) is 17.1 Å². The van der Waals surface area contributed by atoms with Crippen LogP contribution in [0.5, 0.6) is 0 Å². The van der Waals surface area contributed by atoms with Gasteiger partial charge in [-0.1, -0.05) is 29.0 Å². The monoisotopic (exact) mass is 428 g/mol. The van der Waals surface area contributed by atoms with E-state index in [0.717, 1.165) is 43.4 Å². The summed E-state index contributed by atoms with van der Waals surface area (Å²) in [5, 5.41) is 4.74. The molecule has 0 aliphatic carbocycles. The van der Waals surface area contributed by atoms with Gasteiger partial charge in [-0.25, -0.2) is 4.98 Å². The van der Waals surface area contributed by atoms with Crippen LogP contribution in [0.25, 0.3) is 10.2 Å². The first kappa shape index (κ1) is 20.1. The fourth-order valence-corrected chi connectivity index (χ4v) is 4.89. The van der Waals surface area contributed by atoms with Gasteiger partial charge in [0.1, 0.15) is 0 Å². The highest BCUT2D eigenvalue weighted by Gasteiger charge is 2.20. The average molecular weight is 429 g/mol. The van der Waals surface area contributed by atoms with E-state index in [1.165, 1.54) is 15.8 Å². The van der Waals surface area contributed by atoms with E-state index in [-0.39, 0.29) is 5.91 Å². The van der Waals surface area contributed by atoms with Gasteiger partial charge in [-0.15, -0.1) is 0 Å². The third kappa shape index (κ3) is 4.71. The number of hydrogen-bond acceptors (Lipinski definition) is 5. The maximum Gasteiger partial charge on any atom is 0.251 e. The van der Waals surface area contributed by atoms with Crippen LogP contribution in [0.3, 0.4) is 0 Å². The first-order chi connectivity index (χ1) is 14.0. The molecule has 1 aromatic heterocycles. The summed E-state index contributed by atoms with van der Waals surface area (Å²) in [5.41, 5.74) is 4.31. The molecule has 5 nitrogen and oxygen atoms in total. The van der Waals surface area contributed by atoms with Gasteiger partial charge in [0.15, 0.2) is 5.13 Å². The Morgan fingerprint density at radius 3 is 2.59 bits per heavy atom. The Labute approximate surface area is 180 Å². The van der Waals surface area contributed by atoms with E-state index < -0.39 is 0 Å². The number of benzene rings is 2. The topological polar surface area (TPSA) is 48.5 Å². The second kappa shape index (κ2) is 8.69. The SMILES string of the molecule is Cc1cc(C)c2sc(N3CCN(CCNC(=O)c4ccc(Cl)cc4)CC3)nc2c1. The van der Waals surface area contributed by atoms with Gasteiger partial charge in [-0.2, -0.15) is 0 Å². The van der Waals surface area contributed by atoms with Crippen LogP contribution in [0.15, 0.2) is 36.4 Å². The quantitative estimate of drug-likeness (QED) is 0.664. The van der Waals surface area contributed by atoms with Gasteiger partial charge in [0.25, 0.3) is 5.91 Å². The number of aromatic nitrogens is 1. The van der Waals surface area contributed by atoms with Gasteiger partial charge in [0, 0.05) is 49.9 Å². The number of carbonyl (C=O) groups excluding carboxylic acids is 1. The van der Waals surface area contributed by atoms with Gasteiger partial charge in [0.05, 0.1) is 10.2 Å². The third-order valence-corrected chi connectivity index (χ3v) is 6.79. The zero-order valence-electron chi connectivity index (χ0n) is 16.7. The van der Waals surface area contributed by atoms with Crippen LogP contribution in [0.1, 0.15) is 21.5 Å². The van der Waals surface area contributed by atoms with E-state index >= 15 is 0 Å². The molecule has 0 bridgehead atoms. The molecule has 2 heterocycles. The van der Waals surface area contributed by atoms with Crippen molar-refractivity contribution in [3.8, 4) is 0 Å². The van der Waals surface area contributed by atoms with Crippen molar-refractivity contribution >= 4 is 44.2 Å². The number of fused-ring (bicyclic) bond motifs is 1. The summed E-state index contributed by atoms with van der Waals surface area (Å²) in [6.45, 7) is 9.65. The lowest BCUT2D eigenvalue weighted by molar-refractivity contribution is 0.0948. The highest BCUT2D eigenvalue weighted by atomic mass is 35.5. The number of nitrogens with zero attached hydrogens (tertiary/aromatic N) is 3. The van der Waals surface area contributed by atoms with Crippen LogP contribution >= 0.6 is 22.9 Å². The minimum atomic E-state index is -0.0551. The van der Waals surface area contributed by atoms with Crippen molar-refractivity contribution in [2.75, 3.05) is 44.2 Å². The summed E-state index contributed by atoms with van der Waals surface area (Å²) in [7, 11) is 0. The summed E-state index contributed by atoms with van der Waals surface area (Å²) >= 11 is 7.66. The molecule has 0 spiro atoms. The fourth-order valence-electron chi connectivity index (χ4n) is 3.69. The molecule has 0 radical (unpaired) electrons. The minimum absolute atomic E-state index is 0.0551. The lowest BCUT2D eigenvalue weighted by Crippen LogP contribution is -2.48. The summed E-state index contributed by atoms with van der Waals surface area (Å²) < 4.78 is 1.29. The van der Waals surface area contributed by atoms with Gasteiger partial charge in [0.2, 0.25) is 0 Å². The molecule has 1 fully saturated rings. The van der Waals surface area contributed by atoms with Gasteiger partial charge < -0.3 is 10.2 Å². The van der Waals surface area contributed by atoms with Crippen LogP contribution in [-0.4, -0.2) is 55.1 Å². The first-order valence-electron chi connectivity index (χ1n) is 9.88. The predicted molar refractivity (Wildman–Crippen MR) is 122 cm³/mol. The third-order valence-electron chi connectivity index (χ3n) is 5.27. The van der Waals surface area contributed by atoms with E-state index in [9.17, 15) is 4.79 Å². The van der Waals surface area contributed by atoms with E-state index in [1.807, 2.05) is 0 Å². The standard InChI is InChI=1S/C22H25ClN4OS/c1-15-13-16(2)20-19(14-15)25-22(29-20)27-11-9-26(10-12-27)8-7-24-21(28)17-3-5-18(23)6-4-17/h3-6,13-14H,7-12H2,1-2H3,(H,24,28). The number of rotatable bonds is 5. The molecule has 4 rings (SSSR count). The molecule has 0 atom stereocenters. The Morgan fingerprint density at radius 2 is 1.86 bits per heavy atom. The first-order valence-corrected chi connectivity index (χ1v) is 11.1. The zero-order chi connectivity index (χ0) is 20.4. The zero-order valence-corrected chi connectivity index (χ0v) is 18.3. The molecular weight excluding hydrogens is 404 g/mol. The molecule has 1 saturated heterocycles. The molecule has 3 aromatic rings. The molecular formula is C22H25ClN4OS. The molecule has 1 amide bonds. The summed E-state index contributed by atoms with van der Waals surface area (Å²) in [4.78, 5) is 21.8. The molecule has 7 heteroatoms. The number of nitrogens with one attached hydrogen (secondary N) is 1. The molecule has 0 unspecified atom stereocenters. The lowest BCUT2D eigenvalue weighted by Gasteiger charge is -2.34. The van der Waals surface area contributed by atoms with Crippen molar-refractivity contribution in [3.05, 3.63) is 58.1 Å². The molecule has 0 saturated carbocycles. The second-order valence-electron chi connectivity index (χ2n) is 7.52. The van der Waals surface area contributed by atoms with Gasteiger partial charge in [-0.3, -0.25) is 9.69 Å². The summed E-state index contributed by atoms with van der Waals surface area (Å²) in [6.07, 6.45) is 0. The van der Waals surface area contributed by atoms with Gasteiger partial charge >= 0.3 is 0 Å². The molecule has 1 aliphatic rings. The number of carbonyl (C=O) groups is 1. The summed E-state index contributed by atoms with van der Waals surface area (Å²) in [6, 6.07) is 11.4. The highest BCUT2D eigenvalue weighted by molar-refractivity contribution is 7.22. The van der Waals surface area contributed by atoms with Crippen molar-refractivity contribution in [1.29, 1.82) is 0 Å². The van der Waals surface area contributed by atoms with Crippen LogP contribution in [0.4, 0.5) is 5.13 Å². The maximum atomic E-state index is 12.2. The fraction of sp³-hybridized carbons (Fsp3) is 0.364. The number of piperazine rings is 1. The molecule has 29 heavy (non-hydrogen) atoms. The van der Waals surface area contributed by atoms with E-state index in [1.54, 1.807) is 35.6 Å². The Hall–Kier alpha value is -2.15. The Balaban J connectivity index is 1.27. The largest absolute Gasteiger partial charge is 0.351 e. The van der Waals surface area contributed by atoms with Crippen LogP contribution < -0.4 is 10.2 Å². The van der Waals surface area contributed by atoms with Crippen molar-refractivity contribution in [1.82, 2.24) is 15.2 Å². The van der Waals surface area contributed by atoms with Gasteiger partial charge in [-0.05, 0) is 55.3 Å². The average Bonchev–Trinajstić information content (AvgIpc) is 3.13. The molecule has 1 N–H and O–H groups in total. The van der Waals surface area contributed by atoms with Crippen molar-refractivity contribution in [3.63, 3.8) is 0 Å². The Bertz CT molecular complexity index is 1010. The van der Waals surface area contributed by atoms with Crippen LogP contribution in [0, 0.1) is 13.8 Å². The molecule has 2 aromatic carbocycles. The Kier molecular flexibility index (Phi) is 6.04. The number of halogens is 1. The molecule has 152 valence electrons. The second-order valence-corrected chi connectivity index (χ2v) is 8.93. The number of amides is 1. The Morgan fingerprint density at radius 1 is 1.14 bits per heavy atom. The lowest BCUT2D eigenvalue weighted by atomic mass is 10.1. The highest BCUT2D eigenvalue weighted by Crippen LogP contribution is 2.32. The summed E-state index contributed by atoms with van der Waals surface area (Å²) in [5.74, 6) is -0.0551. The van der Waals surface area contributed by atoms with Crippen molar-refractivity contribution in [2.45, 2.75) is 13.8 Å². The van der Waals surface area contributed by atoms with Crippen molar-refractivity contribution < 1.29 is 4.79 Å². The minimum Gasteiger partial charge on any atom is -0.351 e. The number of hydrogen-bond donors (Lipinski definition) is 1. The smallest absolute Gasteiger partial charge is 0.251 e. The normalized spacial score (nSPS) is 15.1. The molecule has 1 aliphatic heterocycles.